The Labute approximate surface area is 118 Å². The molecule has 0 saturated carbocycles. The first-order valence-corrected chi connectivity index (χ1v) is 7.74. The van der Waals surface area contributed by atoms with E-state index in [-0.39, 0.29) is 4.90 Å². The summed E-state index contributed by atoms with van der Waals surface area (Å²) in [6, 6.07) is 6.49. The summed E-state index contributed by atoms with van der Waals surface area (Å²) in [6.07, 6.45) is 2.52. The molecule has 0 aliphatic carbocycles. The van der Waals surface area contributed by atoms with Crippen LogP contribution in [0.3, 0.4) is 0 Å². The molecule has 2 rings (SSSR count). The van der Waals surface area contributed by atoms with Gasteiger partial charge in [-0.2, -0.15) is 0 Å². The standard InChI is InChI=1S/C13H17N3O3S/c1-3-11-8-16-13(19-11)9-15-10-4-6-12(7-5-10)20(17,18)14-2/h4-8,14-15H,3,9H2,1-2H3. The van der Waals surface area contributed by atoms with Gasteiger partial charge < -0.3 is 9.73 Å². The Morgan fingerprint density at radius 3 is 2.50 bits per heavy atom. The van der Waals surface area contributed by atoms with Gasteiger partial charge in [0.1, 0.15) is 5.76 Å². The van der Waals surface area contributed by atoms with Gasteiger partial charge in [0.15, 0.2) is 0 Å². The molecule has 0 saturated heterocycles. The Bertz CT molecular complexity index is 662. The molecule has 0 spiro atoms. The van der Waals surface area contributed by atoms with Crippen molar-refractivity contribution in [2.24, 2.45) is 0 Å². The quantitative estimate of drug-likeness (QED) is 0.848. The number of nitrogens with zero attached hydrogens (tertiary/aromatic N) is 1. The van der Waals surface area contributed by atoms with E-state index < -0.39 is 10.0 Å². The monoisotopic (exact) mass is 295 g/mol. The lowest BCUT2D eigenvalue weighted by atomic mass is 10.3. The van der Waals surface area contributed by atoms with Gasteiger partial charge in [0.25, 0.3) is 0 Å². The molecule has 0 fully saturated rings. The predicted octanol–water partition coefficient (Wildman–Crippen LogP) is 1.76. The van der Waals surface area contributed by atoms with Crippen molar-refractivity contribution in [3.05, 3.63) is 42.1 Å². The lowest BCUT2D eigenvalue weighted by Gasteiger charge is -2.06. The van der Waals surface area contributed by atoms with Crippen LogP contribution in [-0.4, -0.2) is 20.4 Å². The van der Waals surface area contributed by atoms with Gasteiger partial charge >= 0.3 is 0 Å². The summed E-state index contributed by atoms with van der Waals surface area (Å²) in [4.78, 5) is 4.37. The lowest BCUT2D eigenvalue weighted by Crippen LogP contribution is -2.18. The number of oxazole rings is 1. The highest BCUT2D eigenvalue weighted by Gasteiger charge is 2.10. The maximum atomic E-state index is 11.6. The number of nitrogens with one attached hydrogen (secondary N) is 2. The molecule has 1 heterocycles. The minimum absolute atomic E-state index is 0.231. The summed E-state index contributed by atoms with van der Waals surface area (Å²) in [7, 11) is -2.01. The number of aryl methyl sites for hydroxylation is 1. The van der Waals surface area contributed by atoms with Crippen LogP contribution in [0.4, 0.5) is 5.69 Å². The van der Waals surface area contributed by atoms with Gasteiger partial charge in [-0.05, 0) is 31.3 Å². The van der Waals surface area contributed by atoms with Crippen LogP contribution in [0, 0.1) is 0 Å². The summed E-state index contributed by atoms with van der Waals surface area (Å²) in [6.45, 7) is 2.46. The lowest BCUT2D eigenvalue weighted by molar-refractivity contribution is 0.466. The third kappa shape index (κ3) is 3.37. The summed E-state index contributed by atoms with van der Waals surface area (Å²) in [5.41, 5.74) is 0.802. The first-order valence-electron chi connectivity index (χ1n) is 6.26. The van der Waals surface area contributed by atoms with Gasteiger partial charge in [-0.25, -0.2) is 18.1 Å². The number of anilines is 1. The molecule has 2 N–H and O–H groups in total. The summed E-state index contributed by atoms with van der Waals surface area (Å²) >= 11 is 0. The van der Waals surface area contributed by atoms with Crippen LogP contribution in [0.15, 0.2) is 39.8 Å². The fourth-order valence-corrected chi connectivity index (χ4v) is 2.37. The van der Waals surface area contributed by atoms with Crippen molar-refractivity contribution in [2.45, 2.75) is 24.8 Å². The highest BCUT2D eigenvalue weighted by molar-refractivity contribution is 7.89. The highest BCUT2D eigenvalue weighted by atomic mass is 32.2. The van der Waals surface area contributed by atoms with Crippen molar-refractivity contribution in [1.29, 1.82) is 0 Å². The first-order chi connectivity index (χ1) is 9.55. The summed E-state index contributed by atoms with van der Waals surface area (Å²) < 4.78 is 30.9. The molecular formula is C13H17N3O3S. The Kier molecular flexibility index (Phi) is 4.41. The van der Waals surface area contributed by atoms with Crippen molar-refractivity contribution in [3.8, 4) is 0 Å². The Hall–Kier alpha value is -1.86. The van der Waals surface area contributed by atoms with E-state index >= 15 is 0 Å². The summed E-state index contributed by atoms with van der Waals surface area (Å²) in [5.74, 6) is 1.45. The van der Waals surface area contributed by atoms with E-state index in [1.165, 1.54) is 7.05 Å². The molecule has 0 aliphatic heterocycles. The second-order valence-electron chi connectivity index (χ2n) is 4.16. The van der Waals surface area contributed by atoms with Crippen LogP contribution in [0.2, 0.25) is 0 Å². The van der Waals surface area contributed by atoms with E-state index in [2.05, 4.69) is 15.0 Å². The molecule has 0 amide bonds. The number of sulfonamides is 1. The minimum atomic E-state index is -3.39. The average Bonchev–Trinajstić information content (AvgIpc) is 2.93. The molecule has 7 heteroatoms. The van der Waals surface area contributed by atoms with Gasteiger partial charge in [-0.1, -0.05) is 6.92 Å². The van der Waals surface area contributed by atoms with Crippen molar-refractivity contribution < 1.29 is 12.8 Å². The molecule has 0 atom stereocenters. The number of hydrogen-bond acceptors (Lipinski definition) is 5. The maximum absolute atomic E-state index is 11.6. The molecule has 2 aromatic rings. The van der Waals surface area contributed by atoms with Gasteiger partial charge in [0.05, 0.1) is 17.6 Å². The largest absolute Gasteiger partial charge is 0.444 e. The molecular weight excluding hydrogens is 278 g/mol. The first kappa shape index (κ1) is 14.5. The maximum Gasteiger partial charge on any atom is 0.240 e. The van der Waals surface area contributed by atoms with E-state index in [0.717, 1.165) is 17.9 Å². The van der Waals surface area contributed by atoms with Crippen molar-refractivity contribution in [1.82, 2.24) is 9.71 Å². The van der Waals surface area contributed by atoms with Crippen molar-refractivity contribution >= 4 is 15.7 Å². The van der Waals surface area contributed by atoms with Crippen LogP contribution < -0.4 is 10.0 Å². The van der Waals surface area contributed by atoms with Crippen molar-refractivity contribution in [2.75, 3.05) is 12.4 Å². The Balaban J connectivity index is 2.00. The number of benzene rings is 1. The van der Waals surface area contributed by atoms with Crippen LogP contribution in [0.5, 0.6) is 0 Å². The second-order valence-corrected chi connectivity index (χ2v) is 6.05. The molecule has 1 aromatic heterocycles. The highest BCUT2D eigenvalue weighted by Crippen LogP contribution is 2.14. The van der Waals surface area contributed by atoms with Crippen LogP contribution >= 0.6 is 0 Å². The number of rotatable bonds is 6. The zero-order valence-corrected chi connectivity index (χ0v) is 12.2. The van der Waals surface area contributed by atoms with Gasteiger partial charge in [-0.3, -0.25) is 0 Å². The Morgan fingerprint density at radius 2 is 1.95 bits per heavy atom. The van der Waals surface area contributed by atoms with E-state index in [9.17, 15) is 8.42 Å². The fraction of sp³-hybridized carbons (Fsp3) is 0.308. The molecule has 1 aromatic carbocycles. The smallest absolute Gasteiger partial charge is 0.240 e. The normalized spacial score (nSPS) is 11.5. The molecule has 6 nitrogen and oxygen atoms in total. The van der Waals surface area contributed by atoms with Crippen LogP contribution in [0.1, 0.15) is 18.6 Å². The van der Waals surface area contributed by atoms with E-state index in [1.54, 1.807) is 30.5 Å². The summed E-state index contributed by atoms with van der Waals surface area (Å²) in [5, 5.41) is 3.12. The van der Waals surface area contributed by atoms with Crippen LogP contribution in [-0.2, 0) is 23.0 Å². The fourth-order valence-electron chi connectivity index (χ4n) is 1.64. The van der Waals surface area contributed by atoms with Crippen molar-refractivity contribution in [3.63, 3.8) is 0 Å². The van der Waals surface area contributed by atoms with E-state index in [4.69, 9.17) is 4.42 Å². The molecule has 0 unspecified atom stereocenters. The van der Waals surface area contributed by atoms with Crippen LogP contribution in [0.25, 0.3) is 0 Å². The third-order valence-electron chi connectivity index (χ3n) is 2.83. The molecule has 20 heavy (non-hydrogen) atoms. The number of aromatic nitrogens is 1. The SMILES string of the molecule is CCc1cnc(CNc2ccc(S(=O)(=O)NC)cc2)o1. The third-order valence-corrected chi connectivity index (χ3v) is 4.26. The minimum Gasteiger partial charge on any atom is -0.444 e. The topological polar surface area (TPSA) is 84.2 Å². The van der Waals surface area contributed by atoms with Gasteiger partial charge in [0.2, 0.25) is 15.9 Å². The van der Waals surface area contributed by atoms with E-state index in [1.807, 2.05) is 6.92 Å². The van der Waals surface area contributed by atoms with Gasteiger partial charge in [-0.15, -0.1) is 0 Å². The average molecular weight is 295 g/mol. The molecule has 0 bridgehead atoms. The van der Waals surface area contributed by atoms with Gasteiger partial charge in [0, 0.05) is 12.1 Å². The zero-order valence-electron chi connectivity index (χ0n) is 11.4. The Morgan fingerprint density at radius 1 is 1.25 bits per heavy atom. The molecule has 108 valence electrons. The second kappa shape index (κ2) is 6.06. The number of hydrogen-bond donors (Lipinski definition) is 2. The van der Waals surface area contributed by atoms with E-state index in [0.29, 0.717) is 12.4 Å². The zero-order chi connectivity index (χ0) is 14.6. The molecule has 0 radical (unpaired) electrons. The molecule has 0 aliphatic rings. The predicted molar refractivity (Wildman–Crippen MR) is 75.9 cm³/mol.